The van der Waals surface area contributed by atoms with Crippen LogP contribution in [0, 0.1) is 0 Å². The monoisotopic (exact) mass is 592 g/mol. The third-order valence-electron chi connectivity index (χ3n) is 5.99. The minimum absolute atomic E-state index is 0. The number of aromatic amines is 1. The Balaban J connectivity index is 0.00000405. The second-order valence-electron chi connectivity index (χ2n) is 8.53. The van der Waals surface area contributed by atoms with Crippen LogP contribution in [0.1, 0.15) is 33.3 Å². The van der Waals surface area contributed by atoms with E-state index in [0.29, 0.717) is 29.3 Å². The molecule has 4 aromatic heterocycles. The minimum Gasteiger partial charge on any atom is -0.479 e. The van der Waals surface area contributed by atoms with Gasteiger partial charge in [-0.2, -0.15) is 0 Å². The molecule has 0 aliphatic heterocycles. The van der Waals surface area contributed by atoms with Crippen LogP contribution in [-0.4, -0.2) is 60.2 Å². The first-order valence-corrected chi connectivity index (χ1v) is 12.4. The molecule has 15 heteroatoms. The number of carbonyl (C=O) groups excluding carboxylic acids is 2. The second kappa shape index (κ2) is 12.9. The smallest absolute Gasteiger partial charge is 0.332 e. The fourth-order valence-corrected chi connectivity index (χ4v) is 4.06. The van der Waals surface area contributed by atoms with Crippen molar-refractivity contribution in [3.05, 3.63) is 88.2 Å². The first-order valence-electron chi connectivity index (χ1n) is 12.4. The molecule has 0 atom stereocenters. The SMILES string of the molecule is CCOc1ccc(-c2nc(C(=O)NCc3ccc(C(=O)NO)cc3)c3[nH]c(=O)n(-c4cccnc4OC)c3n2)cn1.Cl. The van der Waals surface area contributed by atoms with Crippen molar-refractivity contribution in [3.8, 4) is 28.8 Å². The zero-order valence-corrected chi connectivity index (χ0v) is 23.1. The number of halogens is 1. The molecule has 4 heterocycles. The van der Waals surface area contributed by atoms with Crippen molar-refractivity contribution in [2.24, 2.45) is 0 Å². The summed E-state index contributed by atoms with van der Waals surface area (Å²) in [5, 5.41) is 11.6. The van der Waals surface area contributed by atoms with Crippen molar-refractivity contribution >= 4 is 35.4 Å². The van der Waals surface area contributed by atoms with Crippen LogP contribution in [0.2, 0.25) is 0 Å². The lowest BCUT2D eigenvalue weighted by Gasteiger charge is -2.10. The summed E-state index contributed by atoms with van der Waals surface area (Å²) in [7, 11) is 1.43. The first-order chi connectivity index (χ1) is 19.9. The summed E-state index contributed by atoms with van der Waals surface area (Å²) in [4.78, 5) is 58.4. The quantitative estimate of drug-likeness (QED) is 0.146. The van der Waals surface area contributed by atoms with Gasteiger partial charge in [0.2, 0.25) is 11.8 Å². The molecule has 1 aromatic carbocycles. The molecule has 0 unspecified atom stereocenters. The predicted molar refractivity (Wildman–Crippen MR) is 152 cm³/mol. The van der Waals surface area contributed by atoms with Crippen LogP contribution in [0.4, 0.5) is 0 Å². The Labute approximate surface area is 244 Å². The van der Waals surface area contributed by atoms with Crippen LogP contribution in [0.15, 0.2) is 65.7 Å². The molecule has 4 N–H and O–H groups in total. The topological polar surface area (TPSA) is 186 Å². The fourth-order valence-electron chi connectivity index (χ4n) is 4.06. The van der Waals surface area contributed by atoms with E-state index in [9.17, 15) is 14.4 Å². The number of aromatic nitrogens is 6. The Kier molecular flexibility index (Phi) is 9.09. The highest BCUT2D eigenvalue weighted by Gasteiger charge is 2.23. The van der Waals surface area contributed by atoms with Crippen molar-refractivity contribution in [2.75, 3.05) is 13.7 Å². The summed E-state index contributed by atoms with van der Waals surface area (Å²) in [6.07, 6.45) is 3.04. The van der Waals surface area contributed by atoms with Crippen molar-refractivity contribution in [1.82, 2.24) is 40.3 Å². The van der Waals surface area contributed by atoms with E-state index in [0.717, 1.165) is 0 Å². The molecule has 216 valence electrons. The molecule has 0 radical (unpaired) electrons. The highest BCUT2D eigenvalue weighted by molar-refractivity contribution is 6.03. The number of hydrogen-bond donors (Lipinski definition) is 4. The number of nitrogens with zero attached hydrogens (tertiary/aromatic N) is 5. The third kappa shape index (κ3) is 5.89. The number of ether oxygens (including phenoxy) is 2. The number of benzene rings is 1. The largest absolute Gasteiger partial charge is 0.479 e. The Morgan fingerprint density at radius 1 is 1.05 bits per heavy atom. The van der Waals surface area contributed by atoms with Gasteiger partial charge in [0.15, 0.2) is 17.2 Å². The van der Waals surface area contributed by atoms with Crippen LogP contribution >= 0.6 is 12.4 Å². The normalized spacial score (nSPS) is 10.5. The number of imidazole rings is 1. The molecule has 0 aliphatic carbocycles. The van der Waals surface area contributed by atoms with E-state index >= 15 is 0 Å². The molecule has 0 saturated carbocycles. The van der Waals surface area contributed by atoms with Gasteiger partial charge in [0.25, 0.3) is 11.8 Å². The summed E-state index contributed by atoms with van der Waals surface area (Å²) in [5.41, 5.74) is 2.89. The van der Waals surface area contributed by atoms with E-state index in [1.807, 2.05) is 6.92 Å². The molecular formula is C27H25ClN8O6. The summed E-state index contributed by atoms with van der Waals surface area (Å²) in [5.74, 6) is -0.493. The van der Waals surface area contributed by atoms with Crippen LogP contribution in [0.5, 0.6) is 11.8 Å². The summed E-state index contributed by atoms with van der Waals surface area (Å²) in [6.45, 7) is 2.38. The molecular weight excluding hydrogens is 568 g/mol. The Morgan fingerprint density at radius 3 is 2.50 bits per heavy atom. The van der Waals surface area contributed by atoms with Crippen molar-refractivity contribution in [2.45, 2.75) is 13.5 Å². The van der Waals surface area contributed by atoms with Gasteiger partial charge in [-0.25, -0.2) is 34.8 Å². The number of hydrogen-bond acceptors (Lipinski definition) is 10. The molecule has 2 amide bonds. The van der Waals surface area contributed by atoms with Crippen molar-refractivity contribution in [1.29, 1.82) is 0 Å². The molecule has 42 heavy (non-hydrogen) atoms. The molecule has 0 aliphatic rings. The molecule has 0 spiro atoms. The van der Waals surface area contributed by atoms with Crippen LogP contribution in [0.3, 0.4) is 0 Å². The molecule has 0 bridgehead atoms. The summed E-state index contributed by atoms with van der Waals surface area (Å²) in [6, 6.07) is 12.9. The third-order valence-corrected chi connectivity index (χ3v) is 5.99. The van der Waals surface area contributed by atoms with Gasteiger partial charge in [-0.3, -0.25) is 14.8 Å². The zero-order valence-electron chi connectivity index (χ0n) is 22.3. The lowest BCUT2D eigenvalue weighted by atomic mass is 10.1. The lowest BCUT2D eigenvalue weighted by molar-refractivity contribution is 0.0706. The van der Waals surface area contributed by atoms with Crippen LogP contribution < -0.4 is 26.0 Å². The Morgan fingerprint density at radius 2 is 1.83 bits per heavy atom. The first kappa shape index (κ1) is 29.6. The zero-order chi connectivity index (χ0) is 28.9. The average molecular weight is 593 g/mol. The van der Waals surface area contributed by atoms with Crippen LogP contribution in [-0.2, 0) is 6.54 Å². The van der Waals surface area contributed by atoms with Gasteiger partial charge < -0.3 is 19.8 Å². The van der Waals surface area contributed by atoms with E-state index in [1.165, 1.54) is 36.2 Å². The second-order valence-corrected chi connectivity index (χ2v) is 8.53. The number of fused-ring (bicyclic) bond motifs is 1. The van der Waals surface area contributed by atoms with Gasteiger partial charge in [-0.15, -0.1) is 12.4 Å². The van der Waals surface area contributed by atoms with Gasteiger partial charge >= 0.3 is 5.69 Å². The maximum absolute atomic E-state index is 13.5. The van der Waals surface area contributed by atoms with Gasteiger partial charge in [0.05, 0.1) is 13.7 Å². The van der Waals surface area contributed by atoms with Gasteiger partial charge in [0, 0.05) is 36.1 Å². The standard InChI is InChI=1S/C27H24N8O6.ClH/c1-3-41-19-11-10-17(14-29-19)22-31-21(25(37)30-13-15-6-8-16(9-7-15)24(36)34-39)20-23(33-22)35(27(38)32-20)18-5-4-12-28-26(18)40-2;/h4-12,14,39H,3,13H2,1-2H3,(H,30,37)(H,32,38)(H,34,36);1H. The Hall–Kier alpha value is -5.34. The Bertz CT molecular complexity index is 1790. The van der Waals surface area contributed by atoms with Gasteiger partial charge in [0.1, 0.15) is 11.2 Å². The number of methoxy groups -OCH3 is 1. The molecule has 5 aromatic rings. The number of carbonyl (C=O) groups is 2. The average Bonchev–Trinajstić information content (AvgIpc) is 3.35. The van der Waals surface area contributed by atoms with Gasteiger partial charge in [-0.05, 0) is 42.8 Å². The highest BCUT2D eigenvalue weighted by Crippen LogP contribution is 2.25. The lowest BCUT2D eigenvalue weighted by Crippen LogP contribution is -2.25. The van der Waals surface area contributed by atoms with E-state index in [2.05, 4.69) is 30.2 Å². The van der Waals surface area contributed by atoms with E-state index < -0.39 is 17.5 Å². The number of pyridine rings is 2. The van der Waals surface area contributed by atoms with Crippen LogP contribution in [0.25, 0.3) is 28.2 Å². The highest BCUT2D eigenvalue weighted by atomic mass is 35.5. The maximum Gasteiger partial charge on any atom is 0.332 e. The number of H-pyrrole nitrogens is 1. The fraction of sp³-hybridized carbons (Fsp3) is 0.148. The van der Waals surface area contributed by atoms with E-state index in [1.54, 1.807) is 41.9 Å². The van der Waals surface area contributed by atoms with E-state index in [4.69, 9.17) is 14.7 Å². The van der Waals surface area contributed by atoms with E-state index in [-0.39, 0.29) is 53.1 Å². The predicted octanol–water partition coefficient (Wildman–Crippen LogP) is 2.44. The molecule has 5 rings (SSSR count). The number of nitrogens with one attached hydrogen (secondary N) is 3. The summed E-state index contributed by atoms with van der Waals surface area (Å²) < 4.78 is 12.0. The minimum atomic E-state index is -0.654. The van der Waals surface area contributed by atoms with Gasteiger partial charge in [-0.1, -0.05) is 12.1 Å². The maximum atomic E-state index is 13.5. The molecule has 0 saturated heterocycles. The number of amides is 2. The molecule has 0 fully saturated rings. The molecule has 14 nitrogen and oxygen atoms in total. The summed E-state index contributed by atoms with van der Waals surface area (Å²) >= 11 is 0. The number of hydroxylamine groups is 1. The number of rotatable bonds is 9. The van der Waals surface area contributed by atoms with Crippen molar-refractivity contribution in [3.63, 3.8) is 0 Å². The van der Waals surface area contributed by atoms with Crippen molar-refractivity contribution < 1.29 is 24.3 Å².